The third-order valence-corrected chi connectivity index (χ3v) is 3.73. The first-order valence-corrected chi connectivity index (χ1v) is 7.31. The summed E-state index contributed by atoms with van der Waals surface area (Å²) in [6.45, 7) is 3.82. The van der Waals surface area contributed by atoms with Crippen molar-refractivity contribution in [3.63, 3.8) is 0 Å². The number of hydrogen-bond acceptors (Lipinski definition) is 4. The second-order valence-corrected chi connectivity index (χ2v) is 6.39. The van der Waals surface area contributed by atoms with E-state index in [1.807, 2.05) is 0 Å². The molecule has 0 radical (unpaired) electrons. The number of nitrogens with one attached hydrogen (secondary N) is 2. The smallest absolute Gasteiger partial charge is 0.240 e. The van der Waals surface area contributed by atoms with Gasteiger partial charge in [-0.25, -0.2) is 13.6 Å². The molecule has 1 amide bonds. The van der Waals surface area contributed by atoms with Gasteiger partial charge >= 0.3 is 0 Å². The predicted molar refractivity (Wildman–Crippen MR) is 74.2 cm³/mol. The number of benzene rings is 1. The lowest BCUT2D eigenvalue weighted by molar-refractivity contribution is -0.128. The van der Waals surface area contributed by atoms with Crippen LogP contribution in [0.2, 0.25) is 0 Å². The fourth-order valence-corrected chi connectivity index (χ4v) is 2.31. The van der Waals surface area contributed by atoms with Crippen molar-refractivity contribution < 1.29 is 13.2 Å². The van der Waals surface area contributed by atoms with E-state index < -0.39 is 15.4 Å². The van der Waals surface area contributed by atoms with Gasteiger partial charge in [-0.2, -0.15) is 0 Å². The van der Waals surface area contributed by atoms with Crippen LogP contribution >= 0.6 is 0 Å². The molecule has 0 aromatic heterocycles. The molecular formula is C12H19N3O3S. The SMILES string of the molecule is CNC(=O)C(C)(C)CNc1ccccc1S(N)(=O)=O. The quantitative estimate of drug-likeness (QED) is 0.734. The van der Waals surface area contributed by atoms with E-state index in [4.69, 9.17) is 5.14 Å². The van der Waals surface area contributed by atoms with E-state index >= 15 is 0 Å². The minimum Gasteiger partial charge on any atom is -0.383 e. The Balaban J connectivity index is 2.94. The van der Waals surface area contributed by atoms with Crippen LogP contribution < -0.4 is 15.8 Å². The number of para-hydroxylation sites is 1. The lowest BCUT2D eigenvalue weighted by Gasteiger charge is -2.24. The molecule has 106 valence electrons. The van der Waals surface area contributed by atoms with Crippen LogP contribution in [0.5, 0.6) is 0 Å². The Morgan fingerprint density at radius 2 is 1.89 bits per heavy atom. The molecule has 0 unspecified atom stereocenters. The van der Waals surface area contributed by atoms with Gasteiger partial charge in [0, 0.05) is 13.6 Å². The summed E-state index contributed by atoms with van der Waals surface area (Å²) in [7, 11) is -2.23. The Hall–Kier alpha value is -1.60. The molecule has 6 nitrogen and oxygen atoms in total. The Kier molecular flexibility index (Phi) is 4.54. The van der Waals surface area contributed by atoms with Crippen LogP contribution in [0, 0.1) is 5.41 Å². The molecule has 0 saturated carbocycles. The van der Waals surface area contributed by atoms with Crippen LogP contribution in [0.3, 0.4) is 0 Å². The van der Waals surface area contributed by atoms with Gasteiger partial charge < -0.3 is 10.6 Å². The molecule has 0 aliphatic heterocycles. The lowest BCUT2D eigenvalue weighted by atomic mass is 9.92. The molecule has 0 spiro atoms. The van der Waals surface area contributed by atoms with Crippen LogP contribution in [0.4, 0.5) is 5.69 Å². The zero-order chi connectivity index (χ0) is 14.7. The van der Waals surface area contributed by atoms with Gasteiger partial charge in [0.2, 0.25) is 15.9 Å². The normalized spacial score (nSPS) is 12.0. The second-order valence-electron chi connectivity index (χ2n) is 4.86. The van der Waals surface area contributed by atoms with Crippen LogP contribution in [0.25, 0.3) is 0 Å². The molecule has 1 aromatic carbocycles. The predicted octanol–water partition coefficient (Wildman–Crippen LogP) is 0.518. The van der Waals surface area contributed by atoms with Gasteiger partial charge in [-0.15, -0.1) is 0 Å². The third-order valence-electron chi connectivity index (χ3n) is 2.76. The van der Waals surface area contributed by atoms with E-state index in [1.165, 1.54) is 6.07 Å². The zero-order valence-electron chi connectivity index (χ0n) is 11.2. The van der Waals surface area contributed by atoms with E-state index in [0.29, 0.717) is 12.2 Å². The van der Waals surface area contributed by atoms with E-state index in [2.05, 4.69) is 10.6 Å². The Bertz CT molecular complexity index is 567. The number of nitrogens with two attached hydrogens (primary N) is 1. The van der Waals surface area contributed by atoms with E-state index in [0.717, 1.165) is 0 Å². The van der Waals surface area contributed by atoms with Crippen molar-refractivity contribution in [2.75, 3.05) is 18.9 Å². The van der Waals surface area contributed by atoms with Gasteiger partial charge in [0.25, 0.3) is 0 Å². The highest BCUT2D eigenvalue weighted by atomic mass is 32.2. The molecule has 0 atom stereocenters. The number of rotatable bonds is 5. The molecule has 4 N–H and O–H groups in total. The summed E-state index contributed by atoms with van der Waals surface area (Å²) in [5.41, 5.74) is -0.276. The fraction of sp³-hybridized carbons (Fsp3) is 0.417. The molecule has 0 aliphatic rings. The van der Waals surface area contributed by atoms with E-state index in [-0.39, 0.29) is 10.8 Å². The van der Waals surface area contributed by atoms with Gasteiger partial charge in [0.1, 0.15) is 4.90 Å². The highest BCUT2D eigenvalue weighted by Gasteiger charge is 2.27. The van der Waals surface area contributed by atoms with Crippen molar-refractivity contribution >= 4 is 21.6 Å². The van der Waals surface area contributed by atoms with Gasteiger partial charge in [0.05, 0.1) is 11.1 Å². The van der Waals surface area contributed by atoms with Crippen LogP contribution in [-0.4, -0.2) is 27.9 Å². The lowest BCUT2D eigenvalue weighted by Crippen LogP contribution is -2.39. The summed E-state index contributed by atoms with van der Waals surface area (Å²) in [6, 6.07) is 6.32. The molecule has 0 saturated heterocycles. The monoisotopic (exact) mass is 285 g/mol. The topological polar surface area (TPSA) is 101 Å². The molecule has 7 heteroatoms. The maximum absolute atomic E-state index is 11.6. The van der Waals surface area contributed by atoms with Gasteiger partial charge in [-0.3, -0.25) is 4.79 Å². The minimum absolute atomic E-state index is 0.0164. The summed E-state index contributed by atoms with van der Waals surface area (Å²) in [6.07, 6.45) is 0. The van der Waals surface area contributed by atoms with E-state index in [9.17, 15) is 13.2 Å². The molecule has 0 fully saturated rings. The molecule has 19 heavy (non-hydrogen) atoms. The molecule has 0 aliphatic carbocycles. The highest BCUT2D eigenvalue weighted by molar-refractivity contribution is 7.89. The number of carbonyl (C=O) groups is 1. The number of hydrogen-bond donors (Lipinski definition) is 3. The summed E-state index contributed by atoms with van der Waals surface area (Å²) in [5.74, 6) is -0.131. The van der Waals surface area contributed by atoms with Crippen LogP contribution in [0.1, 0.15) is 13.8 Å². The number of carbonyl (C=O) groups excluding carboxylic acids is 1. The van der Waals surface area contributed by atoms with Crippen molar-refractivity contribution in [3.05, 3.63) is 24.3 Å². The van der Waals surface area contributed by atoms with Gasteiger partial charge in [0.15, 0.2) is 0 Å². The number of amides is 1. The molecule has 0 heterocycles. The van der Waals surface area contributed by atoms with Crippen molar-refractivity contribution in [1.82, 2.24) is 5.32 Å². The minimum atomic E-state index is -3.79. The first kappa shape index (κ1) is 15.5. The summed E-state index contributed by atoms with van der Waals surface area (Å²) in [5, 5.41) is 10.7. The first-order valence-electron chi connectivity index (χ1n) is 5.76. The molecule has 1 aromatic rings. The number of anilines is 1. The van der Waals surface area contributed by atoms with Crippen LogP contribution in [0.15, 0.2) is 29.2 Å². The van der Waals surface area contributed by atoms with Crippen molar-refractivity contribution in [1.29, 1.82) is 0 Å². The average molecular weight is 285 g/mol. The molecule has 1 rings (SSSR count). The maximum atomic E-state index is 11.6. The van der Waals surface area contributed by atoms with Crippen LogP contribution in [-0.2, 0) is 14.8 Å². The number of sulfonamides is 1. The summed E-state index contributed by atoms with van der Waals surface area (Å²) < 4.78 is 22.9. The first-order chi connectivity index (χ1) is 8.68. The zero-order valence-corrected chi connectivity index (χ0v) is 12.0. The van der Waals surface area contributed by atoms with Crippen molar-refractivity contribution in [3.8, 4) is 0 Å². The maximum Gasteiger partial charge on any atom is 0.240 e. The van der Waals surface area contributed by atoms with Crippen molar-refractivity contribution in [2.24, 2.45) is 10.6 Å². The Morgan fingerprint density at radius 1 is 1.32 bits per heavy atom. The van der Waals surface area contributed by atoms with E-state index in [1.54, 1.807) is 39.1 Å². The van der Waals surface area contributed by atoms with Gasteiger partial charge in [-0.1, -0.05) is 12.1 Å². The number of primary sulfonamides is 1. The highest BCUT2D eigenvalue weighted by Crippen LogP contribution is 2.22. The third kappa shape index (κ3) is 3.93. The Labute approximate surface area is 113 Å². The largest absolute Gasteiger partial charge is 0.383 e. The standard InChI is InChI=1S/C12H19N3O3S/c1-12(2,11(16)14-3)8-15-9-6-4-5-7-10(9)19(13,17)18/h4-7,15H,8H2,1-3H3,(H,14,16)(H2,13,17,18). The average Bonchev–Trinajstić information content (AvgIpc) is 2.34. The molecule has 0 bridgehead atoms. The second kappa shape index (κ2) is 5.58. The van der Waals surface area contributed by atoms with Crippen molar-refractivity contribution in [2.45, 2.75) is 18.7 Å². The Morgan fingerprint density at radius 3 is 2.42 bits per heavy atom. The summed E-state index contributed by atoms with van der Waals surface area (Å²) >= 11 is 0. The summed E-state index contributed by atoms with van der Waals surface area (Å²) in [4.78, 5) is 11.7. The molecular weight excluding hydrogens is 266 g/mol. The fourth-order valence-electron chi connectivity index (χ4n) is 1.60. The van der Waals surface area contributed by atoms with Gasteiger partial charge in [-0.05, 0) is 26.0 Å².